The van der Waals surface area contributed by atoms with Crippen LogP contribution in [-0.4, -0.2) is 7.05 Å². The number of hydrogen-bond acceptors (Lipinski definition) is 1. The van der Waals surface area contributed by atoms with E-state index in [1.807, 2.05) is 0 Å². The average Bonchev–Trinajstić information content (AvgIpc) is 2.90. The maximum absolute atomic E-state index is 2.36. The van der Waals surface area contributed by atoms with Crippen molar-refractivity contribution in [2.45, 2.75) is 19.8 Å². The highest BCUT2D eigenvalue weighted by Crippen LogP contribution is 2.34. The van der Waals surface area contributed by atoms with E-state index in [9.17, 15) is 0 Å². The molecule has 0 saturated heterocycles. The summed E-state index contributed by atoms with van der Waals surface area (Å²) >= 11 is 0. The highest BCUT2D eigenvalue weighted by atomic mass is 15.1. The van der Waals surface area contributed by atoms with E-state index in [0.717, 1.165) is 0 Å². The van der Waals surface area contributed by atoms with Gasteiger partial charge in [-0.15, -0.1) is 0 Å². The van der Waals surface area contributed by atoms with Crippen molar-refractivity contribution in [2.24, 2.45) is 0 Å². The molecule has 0 N–H and O–H groups in total. The lowest BCUT2D eigenvalue weighted by Crippen LogP contribution is -2.09. The van der Waals surface area contributed by atoms with Gasteiger partial charge in [0.05, 0.1) is 0 Å². The van der Waals surface area contributed by atoms with Crippen LogP contribution in [0, 0.1) is 6.92 Å². The van der Waals surface area contributed by atoms with Crippen LogP contribution in [0.3, 0.4) is 0 Å². The Morgan fingerprint density at radius 1 is 0.457 bits per heavy atom. The molecule has 0 radical (unpaired) electrons. The standard InChI is InChI=1S/C34H29N/c1-24-12-14-25(15-13-24)27-6-3-7-28(20-27)29-8-4-10-33(22-29)35(2)34-11-5-9-30(23-34)32-19-17-26-16-18-31(26)21-32/h3-15,17,19-23H,16,18H2,1-2H3. The van der Waals surface area contributed by atoms with Crippen molar-refractivity contribution in [3.05, 3.63) is 132 Å². The van der Waals surface area contributed by atoms with Crippen LogP contribution < -0.4 is 4.90 Å². The predicted molar refractivity (Wildman–Crippen MR) is 149 cm³/mol. The summed E-state index contributed by atoms with van der Waals surface area (Å²) < 4.78 is 0. The van der Waals surface area contributed by atoms with Gasteiger partial charge in [0.25, 0.3) is 0 Å². The van der Waals surface area contributed by atoms with E-state index in [1.165, 1.54) is 74.3 Å². The van der Waals surface area contributed by atoms with E-state index in [1.54, 1.807) is 0 Å². The minimum atomic E-state index is 1.18. The Hall–Kier alpha value is -4.10. The summed E-state index contributed by atoms with van der Waals surface area (Å²) in [5, 5.41) is 0. The summed E-state index contributed by atoms with van der Waals surface area (Å²) in [6.07, 6.45) is 2.43. The number of aryl methyl sites for hydroxylation is 3. The van der Waals surface area contributed by atoms with E-state index >= 15 is 0 Å². The third-order valence-electron chi connectivity index (χ3n) is 7.25. The molecule has 0 amide bonds. The molecule has 6 rings (SSSR count). The fraction of sp³-hybridized carbons (Fsp3) is 0.118. The van der Waals surface area contributed by atoms with Crippen molar-refractivity contribution in [3.8, 4) is 33.4 Å². The summed E-state index contributed by atoms with van der Waals surface area (Å²) in [4.78, 5) is 2.28. The van der Waals surface area contributed by atoms with Gasteiger partial charge in [0.1, 0.15) is 0 Å². The van der Waals surface area contributed by atoms with Gasteiger partial charge >= 0.3 is 0 Å². The summed E-state index contributed by atoms with van der Waals surface area (Å²) in [5.41, 5.74) is 14.2. The molecular formula is C34H29N. The number of rotatable bonds is 5. The van der Waals surface area contributed by atoms with Crippen molar-refractivity contribution in [2.75, 3.05) is 11.9 Å². The number of anilines is 2. The molecule has 35 heavy (non-hydrogen) atoms. The lowest BCUT2D eigenvalue weighted by atomic mass is 9.86. The summed E-state index contributed by atoms with van der Waals surface area (Å²) in [6, 6.07) is 42.2. The zero-order valence-corrected chi connectivity index (χ0v) is 20.3. The molecular weight excluding hydrogens is 422 g/mol. The molecule has 5 aromatic carbocycles. The third-order valence-corrected chi connectivity index (χ3v) is 7.25. The van der Waals surface area contributed by atoms with Crippen molar-refractivity contribution in [3.63, 3.8) is 0 Å². The van der Waals surface area contributed by atoms with Crippen molar-refractivity contribution < 1.29 is 0 Å². The van der Waals surface area contributed by atoms with Gasteiger partial charge in [-0.2, -0.15) is 0 Å². The van der Waals surface area contributed by atoms with E-state index < -0.39 is 0 Å². The predicted octanol–water partition coefficient (Wildman–Crippen LogP) is 8.86. The first-order valence-electron chi connectivity index (χ1n) is 12.4. The van der Waals surface area contributed by atoms with Gasteiger partial charge in [0.15, 0.2) is 0 Å². The van der Waals surface area contributed by atoms with Gasteiger partial charge in [-0.1, -0.05) is 90.5 Å². The lowest BCUT2D eigenvalue weighted by Gasteiger charge is -2.22. The quantitative estimate of drug-likeness (QED) is 0.258. The Morgan fingerprint density at radius 3 is 1.51 bits per heavy atom. The molecule has 0 fully saturated rings. The molecule has 0 atom stereocenters. The summed E-state index contributed by atoms with van der Waals surface area (Å²) in [7, 11) is 2.15. The minimum Gasteiger partial charge on any atom is -0.345 e. The van der Waals surface area contributed by atoms with Crippen molar-refractivity contribution in [1.29, 1.82) is 0 Å². The number of benzene rings is 5. The summed E-state index contributed by atoms with van der Waals surface area (Å²) in [6.45, 7) is 2.13. The van der Waals surface area contributed by atoms with Gasteiger partial charge in [-0.3, -0.25) is 0 Å². The van der Waals surface area contributed by atoms with Gasteiger partial charge in [-0.25, -0.2) is 0 Å². The molecule has 1 nitrogen and oxygen atoms in total. The van der Waals surface area contributed by atoms with Crippen LogP contribution in [0.15, 0.2) is 115 Å². The van der Waals surface area contributed by atoms with Crippen LogP contribution >= 0.6 is 0 Å². The first-order chi connectivity index (χ1) is 17.1. The van der Waals surface area contributed by atoms with E-state index in [4.69, 9.17) is 0 Å². The summed E-state index contributed by atoms with van der Waals surface area (Å²) in [5.74, 6) is 0. The number of hydrogen-bond donors (Lipinski definition) is 0. The topological polar surface area (TPSA) is 3.24 Å². The van der Waals surface area contributed by atoms with E-state index in [2.05, 4.69) is 134 Å². The molecule has 0 spiro atoms. The maximum atomic E-state index is 2.36. The number of nitrogens with zero attached hydrogens (tertiary/aromatic N) is 1. The molecule has 0 unspecified atom stereocenters. The molecule has 0 bridgehead atoms. The largest absolute Gasteiger partial charge is 0.345 e. The van der Waals surface area contributed by atoms with E-state index in [0.29, 0.717) is 0 Å². The molecule has 0 aliphatic heterocycles. The first kappa shape index (κ1) is 21.4. The zero-order chi connectivity index (χ0) is 23.8. The Kier molecular flexibility index (Phi) is 5.47. The highest BCUT2D eigenvalue weighted by molar-refractivity contribution is 5.78. The smallest absolute Gasteiger partial charge is 0.0414 e. The van der Waals surface area contributed by atoms with Gasteiger partial charge in [0, 0.05) is 18.4 Å². The Morgan fingerprint density at radius 2 is 0.943 bits per heavy atom. The fourth-order valence-electron chi connectivity index (χ4n) is 4.94. The molecule has 1 aliphatic rings. The average molecular weight is 452 g/mol. The van der Waals surface area contributed by atoms with Crippen LogP contribution in [-0.2, 0) is 12.8 Å². The minimum absolute atomic E-state index is 1.18. The second-order valence-electron chi connectivity index (χ2n) is 9.59. The Bertz CT molecular complexity index is 1510. The third kappa shape index (κ3) is 4.26. The van der Waals surface area contributed by atoms with Crippen molar-refractivity contribution in [1.82, 2.24) is 0 Å². The van der Waals surface area contributed by atoms with Crippen LogP contribution in [0.2, 0.25) is 0 Å². The second-order valence-corrected chi connectivity index (χ2v) is 9.59. The number of fused-ring (bicyclic) bond motifs is 1. The van der Waals surface area contributed by atoms with Crippen LogP contribution in [0.4, 0.5) is 11.4 Å². The van der Waals surface area contributed by atoms with E-state index in [-0.39, 0.29) is 0 Å². The lowest BCUT2D eigenvalue weighted by molar-refractivity contribution is 0.840. The van der Waals surface area contributed by atoms with Gasteiger partial charge < -0.3 is 4.90 Å². The SMILES string of the molecule is Cc1ccc(-c2cccc(-c3cccc(N(C)c4cccc(-c5ccc6c(c5)CC6)c4)c3)c2)cc1. The Balaban J connectivity index is 1.30. The Labute approximate surface area is 208 Å². The normalized spacial score (nSPS) is 12.1. The van der Waals surface area contributed by atoms with Crippen LogP contribution in [0.25, 0.3) is 33.4 Å². The zero-order valence-electron chi connectivity index (χ0n) is 20.3. The molecule has 0 saturated carbocycles. The molecule has 0 heterocycles. The fourth-order valence-corrected chi connectivity index (χ4v) is 4.94. The van der Waals surface area contributed by atoms with Crippen LogP contribution in [0.5, 0.6) is 0 Å². The van der Waals surface area contributed by atoms with Crippen molar-refractivity contribution >= 4 is 11.4 Å². The highest BCUT2D eigenvalue weighted by Gasteiger charge is 2.14. The maximum Gasteiger partial charge on any atom is 0.0414 e. The molecule has 5 aromatic rings. The molecule has 170 valence electrons. The second kappa shape index (κ2) is 8.92. The monoisotopic (exact) mass is 451 g/mol. The van der Waals surface area contributed by atoms with Gasteiger partial charge in [0.2, 0.25) is 0 Å². The molecule has 1 heteroatoms. The van der Waals surface area contributed by atoms with Gasteiger partial charge in [-0.05, 0) is 94.6 Å². The van der Waals surface area contributed by atoms with Crippen LogP contribution in [0.1, 0.15) is 16.7 Å². The molecule has 1 aliphatic carbocycles. The molecule has 0 aromatic heterocycles. The first-order valence-corrected chi connectivity index (χ1v) is 12.4.